The predicted octanol–water partition coefficient (Wildman–Crippen LogP) is 4.21. The Morgan fingerprint density at radius 2 is 2.04 bits per heavy atom. The summed E-state index contributed by atoms with van der Waals surface area (Å²) in [5, 5.41) is 11.0. The van der Waals surface area contributed by atoms with Gasteiger partial charge >= 0.3 is 5.97 Å². The van der Waals surface area contributed by atoms with Crippen molar-refractivity contribution in [3.63, 3.8) is 0 Å². The molecule has 25 heavy (non-hydrogen) atoms. The number of carbonyl (C=O) groups is 2. The molecule has 128 valence electrons. The summed E-state index contributed by atoms with van der Waals surface area (Å²) < 4.78 is 0.486. The van der Waals surface area contributed by atoms with Gasteiger partial charge in [-0.1, -0.05) is 60.4 Å². The summed E-state index contributed by atoms with van der Waals surface area (Å²) >= 11 is 6.57. The fraction of sp³-hybridized carbons (Fsp3) is 0.211. The number of fused-ring (bicyclic) bond motifs is 1. The summed E-state index contributed by atoms with van der Waals surface area (Å²) in [5.41, 5.74) is 2.11. The maximum absolute atomic E-state index is 12.6. The maximum Gasteiger partial charge on any atom is 0.303 e. The van der Waals surface area contributed by atoms with Crippen molar-refractivity contribution in [2.45, 2.75) is 19.8 Å². The van der Waals surface area contributed by atoms with Crippen LogP contribution in [-0.2, 0) is 9.59 Å². The highest BCUT2D eigenvalue weighted by molar-refractivity contribution is 8.26. The second-order valence-corrected chi connectivity index (χ2v) is 7.52. The number of aryl methyl sites for hydroxylation is 1. The number of nitrogens with zero attached hydrogens (tertiary/aromatic N) is 1. The molecule has 1 saturated heterocycles. The number of aliphatic carboxylic acids is 1. The molecule has 1 amide bonds. The first kappa shape index (κ1) is 17.6. The molecule has 0 bridgehead atoms. The van der Waals surface area contributed by atoms with Crippen LogP contribution in [0.5, 0.6) is 0 Å². The number of amides is 1. The van der Waals surface area contributed by atoms with E-state index in [-0.39, 0.29) is 12.3 Å². The summed E-state index contributed by atoms with van der Waals surface area (Å²) in [6.07, 6.45) is 2.31. The van der Waals surface area contributed by atoms with Crippen LogP contribution in [-0.4, -0.2) is 32.7 Å². The van der Waals surface area contributed by atoms with Gasteiger partial charge in [-0.15, -0.1) is 0 Å². The molecule has 1 N–H and O–H groups in total. The third-order valence-electron chi connectivity index (χ3n) is 4.11. The Hall–Kier alpha value is -2.18. The van der Waals surface area contributed by atoms with Gasteiger partial charge < -0.3 is 5.11 Å². The van der Waals surface area contributed by atoms with Gasteiger partial charge in [-0.05, 0) is 41.3 Å². The summed E-state index contributed by atoms with van der Waals surface area (Å²) in [4.78, 5) is 25.4. The Bertz CT molecular complexity index is 905. The van der Waals surface area contributed by atoms with Crippen LogP contribution in [0.1, 0.15) is 24.0 Å². The van der Waals surface area contributed by atoms with E-state index in [0.717, 1.165) is 21.9 Å². The van der Waals surface area contributed by atoms with Crippen LogP contribution in [0.4, 0.5) is 0 Å². The van der Waals surface area contributed by atoms with E-state index in [4.69, 9.17) is 17.3 Å². The number of rotatable bonds is 5. The van der Waals surface area contributed by atoms with E-state index in [1.54, 1.807) is 0 Å². The molecule has 1 aliphatic heterocycles. The number of hydrogen-bond donors (Lipinski definition) is 1. The Labute approximate surface area is 155 Å². The van der Waals surface area contributed by atoms with Crippen molar-refractivity contribution in [3.8, 4) is 0 Å². The summed E-state index contributed by atoms with van der Waals surface area (Å²) in [6, 6.07) is 12.2. The first-order valence-corrected chi connectivity index (χ1v) is 9.15. The lowest BCUT2D eigenvalue weighted by Crippen LogP contribution is -2.29. The van der Waals surface area contributed by atoms with Crippen molar-refractivity contribution in [1.29, 1.82) is 0 Å². The second kappa shape index (κ2) is 7.37. The zero-order chi connectivity index (χ0) is 18.0. The van der Waals surface area contributed by atoms with Crippen LogP contribution in [0.25, 0.3) is 16.8 Å². The van der Waals surface area contributed by atoms with Crippen molar-refractivity contribution in [2.75, 3.05) is 6.54 Å². The molecular weight excluding hydrogens is 354 g/mol. The molecule has 0 atom stereocenters. The minimum atomic E-state index is -0.868. The molecule has 2 aromatic carbocycles. The SMILES string of the molecule is Cc1ccc2ccccc2c1/C=C1\SC(=S)N(CCCC(=O)O)C1=O. The first-order chi connectivity index (χ1) is 12.0. The van der Waals surface area contributed by atoms with E-state index in [0.29, 0.717) is 22.2 Å². The minimum absolute atomic E-state index is 0.0263. The van der Waals surface area contributed by atoms with Crippen LogP contribution in [0, 0.1) is 6.92 Å². The Balaban J connectivity index is 1.90. The quantitative estimate of drug-likeness (QED) is 0.630. The molecule has 1 aliphatic rings. The normalized spacial score (nSPS) is 16.2. The van der Waals surface area contributed by atoms with Crippen LogP contribution < -0.4 is 0 Å². The van der Waals surface area contributed by atoms with Crippen molar-refractivity contribution in [3.05, 3.63) is 52.4 Å². The van der Waals surface area contributed by atoms with Gasteiger partial charge in [0.25, 0.3) is 5.91 Å². The fourth-order valence-electron chi connectivity index (χ4n) is 2.81. The lowest BCUT2D eigenvalue weighted by atomic mass is 9.99. The third-order valence-corrected chi connectivity index (χ3v) is 5.49. The van der Waals surface area contributed by atoms with E-state index in [9.17, 15) is 9.59 Å². The molecule has 2 aromatic rings. The van der Waals surface area contributed by atoms with Crippen LogP contribution in [0.3, 0.4) is 0 Å². The molecule has 0 aromatic heterocycles. The molecule has 3 rings (SSSR count). The van der Waals surface area contributed by atoms with Crippen molar-refractivity contribution >= 4 is 57.0 Å². The van der Waals surface area contributed by atoms with Gasteiger partial charge in [0, 0.05) is 13.0 Å². The lowest BCUT2D eigenvalue weighted by Gasteiger charge is -2.13. The number of carbonyl (C=O) groups excluding carboxylic acids is 1. The smallest absolute Gasteiger partial charge is 0.303 e. The summed E-state index contributed by atoms with van der Waals surface area (Å²) in [7, 11) is 0. The predicted molar refractivity (Wildman–Crippen MR) is 105 cm³/mol. The van der Waals surface area contributed by atoms with Gasteiger partial charge in [0.05, 0.1) is 4.91 Å². The summed E-state index contributed by atoms with van der Waals surface area (Å²) in [5.74, 6) is -1.01. The van der Waals surface area contributed by atoms with Gasteiger partial charge in [0.1, 0.15) is 4.32 Å². The number of carboxylic acids is 1. The Morgan fingerprint density at radius 1 is 1.28 bits per heavy atom. The van der Waals surface area contributed by atoms with Crippen LogP contribution in [0.15, 0.2) is 41.3 Å². The summed E-state index contributed by atoms with van der Waals surface area (Å²) in [6.45, 7) is 2.36. The van der Waals surface area contributed by atoms with E-state index in [1.807, 2.05) is 43.3 Å². The van der Waals surface area contributed by atoms with Gasteiger partial charge in [0.2, 0.25) is 0 Å². The van der Waals surface area contributed by atoms with Crippen molar-refractivity contribution < 1.29 is 14.7 Å². The molecule has 1 heterocycles. The maximum atomic E-state index is 12.6. The number of hydrogen-bond acceptors (Lipinski definition) is 4. The average Bonchev–Trinajstić information content (AvgIpc) is 2.84. The molecular formula is C19H17NO3S2. The third kappa shape index (κ3) is 3.75. The minimum Gasteiger partial charge on any atom is -0.481 e. The van der Waals surface area contributed by atoms with Gasteiger partial charge in [0.15, 0.2) is 0 Å². The topological polar surface area (TPSA) is 57.6 Å². The monoisotopic (exact) mass is 371 g/mol. The van der Waals surface area contributed by atoms with Crippen LogP contribution in [0.2, 0.25) is 0 Å². The largest absolute Gasteiger partial charge is 0.481 e. The van der Waals surface area contributed by atoms with E-state index >= 15 is 0 Å². The van der Waals surface area contributed by atoms with Gasteiger partial charge in [-0.2, -0.15) is 0 Å². The zero-order valence-electron chi connectivity index (χ0n) is 13.7. The highest BCUT2D eigenvalue weighted by Gasteiger charge is 2.31. The van der Waals surface area contributed by atoms with Gasteiger partial charge in [-0.3, -0.25) is 14.5 Å². The first-order valence-electron chi connectivity index (χ1n) is 7.93. The molecule has 0 unspecified atom stereocenters. The van der Waals surface area contributed by atoms with Crippen molar-refractivity contribution in [1.82, 2.24) is 4.90 Å². The Morgan fingerprint density at radius 3 is 2.80 bits per heavy atom. The van der Waals surface area contributed by atoms with E-state index in [2.05, 4.69) is 6.07 Å². The number of carboxylic acid groups (broad SMARTS) is 1. The van der Waals surface area contributed by atoms with E-state index in [1.165, 1.54) is 16.7 Å². The van der Waals surface area contributed by atoms with Crippen LogP contribution >= 0.6 is 24.0 Å². The molecule has 1 fully saturated rings. The molecule has 0 saturated carbocycles. The Kier molecular flexibility index (Phi) is 5.20. The standard InChI is InChI=1S/C19H17NO3S2/c1-12-8-9-13-5-2-3-6-14(13)15(12)11-16-18(23)20(19(24)25-16)10-4-7-17(21)22/h2-3,5-6,8-9,11H,4,7,10H2,1H3,(H,21,22)/b16-11-. The average molecular weight is 371 g/mol. The zero-order valence-corrected chi connectivity index (χ0v) is 15.3. The number of thioether (sulfide) groups is 1. The molecule has 4 nitrogen and oxygen atoms in total. The van der Waals surface area contributed by atoms with Gasteiger partial charge in [-0.25, -0.2) is 0 Å². The highest BCUT2D eigenvalue weighted by atomic mass is 32.2. The second-order valence-electron chi connectivity index (χ2n) is 5.85. The molecule has 0 spiro atoms. The molecule has 0 radical (unpaired) electrons. The molecule has 6 heteroatoms. The number of benzene rings is 2. The number of thiocarbonyl (C=S) groups is 1. The van der Waals surface area contributed by atoms with E-state index < -0.39 is 5.97 Å². The van der Waals surface area contributed by atoms with Crippen molar-refractivity contribution in [2.24, 2.45) is 0 Å². The highest BCUT2D eigenvalue weighted by Crippen LogP contribution is 2.34. The molecule has 0 aliphatic carbocycles. The fourth-order valence-corrected chi connectivity index (χ4v) is 4.10. The lowest BCUT2D eigenvalue weighted by molar-refractivity contribution is -0.137.